The lowest BCUT2D eigenvalue weighted by Crippen LogP contribution is -2.57. The fourth-order valence-corrected chi connectivity index (χ4v) is 6.06. The highest BCUT2D eigenvalue weighted by Gasteiger charge is 2.48. The molecule has 142 valence electrons. The minimum atomic E-state index is -0.349. The first-order chi connectivity index (χ1) is 12.5. The quantitative estimate of drug-likeness (QED) is 0.797. The van der Waals surface area contributed by atoms with Gasteiger partial charge >= 0.3 is 0 Å². The number of fused-ring (bicyclic) bond motifs is 1. The molecule has 1 atom stereocenters. The lowest BCUT2D eigenvalue weighted by Gasteiger charge is -2.47. The molecule has 1 unspecified atom stereocenters. The third-order valence-electron chi connectivity index (χ3n) is 6.53. The number of amides is 2. The van der Waals surface area contributed by atoms with E-state index in [2.05, 4.69) is 5.38 Å². The molecule has 5 nitrogen and oxygen atoms in total. The predicted octanol–water partition coefficient (Wildman–Crippen LogP) is 2.73. The highest BCUT2D eigenvalue weighted by molar-refractivity contribution is 7.10. The van der Waals surface area contributed by atoms with E-state index in [0.717, 1.165) is 37.7 Å². The molecular weight excluding hydrogens is 348 g/mol. The van der Waals surface area contributed by atoms with Gasteiger partial charge in [0, 0.05) is 44.0 Å². The molecule has 2 aliphatic heterocycles. The van der Waals surface area contributed by atoms with Gasteiger partial charge in [-0.15, -0.1) is 11.3 Å². The molecule has 0 N–H and O–H groups in total. The molecule has 1 aromatic heterocycles. The second-order valence-corrected chi connectivity index (χ2v) is 9.04. The molecule has 6 heteroatoms. The maximum atomic E-state index is 13.1. The molecule has 1 aromatic rings. The summed E-state index contributed by atoms with van der Waals surface area (Å²) in [5.74, 6) is 0.393. The number of ether oxygens (including phenoxy) is 1. The number of carbonyl (C=O) groups excluding carboxylic acids is 2. The van der Waals surface area contributed by atoms with E-state index < -0.39 is 0 Å². The van der Waals surface area contributed by atoms with E-state index in [4.69, 9.17) is 4.74 Å². The van der Waals surface area contributed by atoms with Crippen LogP contribution < -0.4 is 0 Å². The maximum Gasteiger partial charge on any atom is 0.254 e. The molecule has 2 saturated heterocycles. The van der Waals surface area contributed by atoms with Crippen molar-refractivity contribution in [3.8, 4) is 0 Å². The Balaban J connectivity index is 1.47. The van der Waals surface area contributed by atoms with Crippen LogP contribution in [0.2, 0.25) is 0 Å². The van der Waals surface area contributed by atoms with Crippen LogP contribution in [0.25, 0.3) is 0 Å². The SMILES string of the molecule is COC1CN(C)C(=O)C2(CCN(C(=O)c3csc4c3CCCC4)CC2)C1. The van der Waals surface area contributed by atoms with Crippen LogP contribution in [0.3, 0.4) is 0 Å². The average Bonchev–Trinajstić information content (AvgIpc) is 3.10. The highest BCUT2D eigenvalue weighted by Crippen LogP contribution is 2.42. The van der Waals surface area contributed by atoms with E-state index in [1.165, 1.54) is 23.3 Å². The Labute approximate surface area is 159 Å². The summed E-state index contributed by atoms with van der Waals surface area (Å²) in [5, 5.41) is 2.06. The van der Waals surface area contributed by atoms with Crippen LogP contribution in [0.4, 0.5) is 0 Å². The molecule has 1 aliphatic carbocycles. The molecule has 4 rings (SSSR count). The summed E-state index contributed by atoms with van der Waals surface area (Å²) in [6, 6.07) is 0. The van der Waals surface area contributed by atoms with E-state index in [-0.39, 0.29) is 23.3 Å². The Kier molecular flexibility index (Phi) is 4.82. The normalized spacial score (nSPS) is 25.5. The first-order valence-corrected chi connectivity index (χ1v) is 10.6. The number of nitrogens with zero attached hydrogens (tertiary/aromatic N) is 2. The fourth-order valence-electron chi connectivity index (χ4n) is 4.94. The Bertz CT molecular complexity index is 706. The summed E-state index contributed by atoms with van der Waals surface area (Å²) in [7, 11) is 3.59. The van der Waals surface area contributed by atoms with Gasteiger partial charge in [-0.25, -0.2) is 0 Å². The highest BCUT2D eigenvalue weighted by atomic mass is 32.1. The van der Waals surface area contributed by atoms with Crippen molar-refractivity contribution in [2.75, 3.05) is 33.8 Å². The van der Waals surface area contributed by atoms with Gasteiger partial charge in [0.05, 0.1) is 17.1 Å². The van der Waals surface area contributed by atoms with Gasteiger partial charge in [0.2, 0.25) is 5.91 Å². The number of hydrogen-bond donors (Lipinski definition) is 0. The lowest BCUT2D eigenvalue weighted by atomic mass is 9.71. The third kappa shape index (κ3) is 2.97. The van der Waals surface area contributed by atoms with Gasteiger partial charge < -0.3 is 14.5 Å². The van der Waals surface area contributed by atoms with E-state index in [1.807, 2.05) is 16.8 Å². The number of rotatable bonds is 2. The molecule has 0 aromatic carbocycles. The van der Waals surface area contributed by atoms with Crippen LogP contribution in [0, 0.1) is 5.41 Å². The zero-order chi connectivity index (χ0) is 18.3. The van der Waals surface area contributed by atoms with Crippen LogP contribution in [-0.4, -0.2) is 61.5 Å². The van der Waals surface area contributed by atoms with Crippen molar-refractivity contribution in [1.82, 2.24) is 9.80 Å². The fraction of sp³-hybridized carbons (Fsp3) is 0.700. The second-order valence-electron chi connectivity index (χ2n) is 8.08. The molecule has 2 fully saturated rings. The van der Waals surface area contributed by atoms with Crippen molar-refractivity contribution >= 4 is 23.2 Å². The van der Waals surface area contributed by atoms with Crippen LogP contribution >= 0.6 is 11.3 Å². The molecule has 26 heavy (non-hydrogen) atoms. The molecule has 1 spiro atoms. The number of piperidine rings is 2. The van der Waals surface area contributed by atoms with Crippen molar-refractivity contribution in [2.45, 2.75) is 51.0 Å². The molecule has 2 amide bonds. The van der Waals surface area contributed by atoms with Gasteiger partial charge in [-0.05, 0) is 50.5 Å². The number of likely N-dealkylation sites (tertiary alicyclic amines) is 2. The summed E-state index contributed by atoms with van der Waals surface area (Å²) < 4.78 is 5.56. The Morgan fingerprint density at radius 3 is 2.73 bits per heavy atom. The first kappa shape index (κ1) is 18.0. The Morgan fingerprint density at radius 2 is 2.00 bits per heavy atom. The van der Waals surface area contributed by atoms with Gasteiger partial charge in [0.1, 0.15) is 0 Å². The molecule has 0 radical (unpaired) electrons. The van der Waals surface area contributed by atoms with Gasteiger partial charge in [0.15, 0.2) is 0 Å². The van der Waals surface area contributed by atoms with Gasteiger partial charge in [-0.3, -0.25) is 9.59 Å². The summed E-state index contributed by atoms with van der Waals surface area (Å²) in [6.45, 7) is 2.00. The molecular formula is C20H28N2O3S. The largest absolute Gasteiger partial charge is 0.380 e. The van der Waals surface area contributed by atoms with Crippen LogP contribution in [0.15, 0.2) is 5.38 Å². The number of methoxy groups -OCH3 is 1. The zero-order valence-electron chi connectivity index (χ0n) is 15.8. The predicted molar refractivity (Wildman–Crippen MR) is 102 cm³/mol. The minimum Gasteiger partial charge on any atom is -0.380 e. The number of likely N-dealkylation sites (N-methyl/N-ethyl adjacent to an activating group) is 1. The zero-order valence-corrected chi connectivity index (χ0v) is 16.6. The lowest BCUT2D eigenvalue weighted by molar-refractivity contribution is -0.155. The van der Waals surface area contributed by atoms with Gasteiger partial charge in [0.25, 0.3) is 5.91 Å². The molecule has 3 aliphatic rings. The molecule has 3 heterocycles. The van der Waals surface area contributed by atoms with Crippen molar-refractivity contribution in [2.24, 2.45) is 5.41 Å². The molecule has 0 saturated carbocycles. The maximum absolute atomic E-state index is 13.1. The number of hydrogen-bond acceptors (Lipinski definition) is 4. The third-order valence-corrected chi connectivity index (χ3v) is 7.62. The standard InChI is InChI=1S/C20H28N2O3S/c1-21-12-14(25-2)11-20(19(21)24)7-9-22(10-8-20)18(23)16-13-26-17-6-4-3-5-15(16)17/h13-14H,3-12H2,1-2H3. The van der Waals surface area contributed by atoms with Crippen LogP contribution in [-0.2, 0) is 22.4 Å². The Morgan fingerprint density at radius 1 is 1.27 bits per heavy atom. The summed E-state index contributed by atoms with van der Waals surface area (Å²) >= 11 is 1.75. The number of carbonyl (C=O) groups is 2. The van der Waals surface area contributed by atoms with Crippen molar-refractivity contribution < 1.29 is 14.3 Å². The smallest absolute Gasteiger partial charge is 0.254 e. The van der Waals surface area contributed by atoms with E-state index in [1.54, 1.807) is 18.4 Å². The second kappa shape index (κ2) is 6.97. The van der Waals surface area contributed by atoms with E-state index in [9.17, 15) is 9.59 Å². The minimum absolute atomic E-state index is 0.101. The van der Waals surface area contributed by atoms with Crippen molar-refractivity contribution in [3.05, 3.63) is 21.4 Å². The van der Waals surface area contributed by atoms with Crippen LogP contribution in [0.1, 0.15) is 52.9 Å². The average molecular weight is 377 g/mol. The Hall–Kier alpha value is -1.40. The topological polar surface area (TPSA) is 49.9 Å². The van der Waals surface area contributed by atoms with Crippen LogP contribution in [0.5, 0.6) is 0 Å². The van der Waals surface area contributed by atoms with Gasteiger partial charge in [-0.2, -0.15) is 0 Å². The number of aryl methyl sites for hydroxylation is 1. The van der Waals surface area contributed by atoms with Crippen molar-refractivity contribution in [3.63, 3.8) is 0 Å². The summed E-state index contributed by atoms with van der Waals surface area (Å²) in [5.41, 5.74) is 1.86. The van der Waals surface area contributed by atoms with Gasteiger partial charge in [-0.1, -0.05) is 0 Å². The summed E-state index contributed by atoms with van der Waals surface area (Å²) in [6.07, 6.45) is 6.95. The van der Waals surface area contributed by atoms with E-state index >= 15 is 0 Å². The molecule has 0 bridgehead atoms. The van der Waals surface area contributed by atoms with Crippen molar-refractivity contribution in [1.29, 1.82) is 0 Å². The first-order valence-electron chi connectivity index (χ1n) is 9.71. The number of thiophene rings is 1. The van der Waals surface area contributed by atoms with E-state index in [0.29, 0.717) is 19.6 Å². The monoisotopic (exact) mass is 376 g/mol. The summed E-state index contributed by atoms with van der Waals surface area (Å²) in [4.78, 5) is 31.1.